The van der Waals surface area contributed by atoms with Crippen molar-refractivity contribution in [3.8, 4) is 0 Å². The molecule has 0 saturated carbocycles. The molecule has 2 amide bonds. The Bertz CT molecular complexity index is 911. The molecule has 6 nitrogen and oxygen atoms in total. The van der Waals surface area contributed by atoms with E-state index in [2.05, 4.69) is 39.5 Å². The van der Waals surface area contributed by atoms with Crippen LogP contribution in [-0.4, -0.2) is 21.4 Å². The zero-order chi connectivity index (χ0) is 18.7. The molecule has 3 rings (SSSR count). The number of hydrogen-bond donors (Lipinski definition) is 3. The van der Waals surface area contributed by atoms with Gasteiger partial charge in [0.15, 0.2) is 0 Å². The first-order valence-corrected chi connectivity index (χ1v) is 8.46. The van der Waals surface area contributed by atoms with E-state index in [0.717, 1.165) is 11.4 Å². The summed E-state index contributed by atoms with van der Waals surface area (Å²) in [5.41, 5.74) is 8.82. The van der Waals surface area contributed by atoms with E-state index in [-0.39, 0.29) is 11.9 Å². The Labute approximate surface area is 152 Å². The van der Waals surface area contributed by atoms with Crippen LogP contribution in [0, 0.1) is 13.8 Å². The van der Waals surface area contributed by atoms with Crippen molar-refractivity contribution in [3.05, 3.63) is 82.9 Å². The van der Waals surface area contributed by atoms with E-state index < -0.39 is 5.91 Å². The zero-order valence-corrected chi connectivity index (χ0v) is 15.0. The van der Waals surface area contributed by atoms with Gasteiger partial charge in [0.1, 0.15) is 5.69 Å². The minimum Gasteiger partial charge on any atom is -0.357 e. The third-order valence-electron chi connectivity index (χ3n) is 4.53. The van der Waals surface area contributed by atoms with Crippen LogP contribution < -0.4 is 10.9 Å². The average Bonchev–Trinajstić information content (AvgIpc) is 3.28. The monoisotopic (exact) mass is 350 g/mol. The van der Waals surface area contributed by atoms with Crippen LogP contribution in [0.4, 0.5) is 0 Å². The lowest BCUT2D eigenvalue weighted by Gasteiger charge is -2.19. The molecule has 0 spiro atoms. The second kappa shape index (κ2) is 7.31. The van der Waals surface area contributed by atoms with Gasteiger partial charge in [-0.2, -0.15) is 0 Å². The maximum atomic E-state index is 12.5. The summed E-state index contributed by atoms with van der Waals surface area (Å²) in [6.45, 7) is 5.99. The number of amides is 2. The first kappa shape index (κ1) is 17.5. The van der Waals surface area contributed by atoms with Crippen molar-refractivity contribution < 1.29 is 9.59 Å². The predicted molar refractivity (Wildman–Crippen MR) is 99.9 cm³/mol. The molecule has 1 unspecified atom stereocenters. The summed E-state index contributed by atoms with van der Waals surface area (Å²) >= 11 is 0. The van der Waals surface area contributed by atoms with Gasteiger partial charge >= 0.3 is 0 Å². The summed E-state index contributed by atoms with van der Waals surface area (Å²) in [5, 5.41) is 0. The quantitative estimate of drug-likeness (QED) is 0.632. The van der Waals surface area contributed by atoms with E-state index in [1.54, 1.807) is 18.3 Å². The molecular formula is C20H22N4O2. The highest BCUT2D eigenvalue weighted by Gasteiger charge is 2.20. The molecule has 2 aromatic heterocycles. The fourth-order valence-corrected chi connectivity index (χ4v) is 3.20. The molecule has 0 aliphatic carbocycles. The number of aromatic nitrogens is 2. The smallest absolute Gasteiger partial charge is 0.286 e. The number of aryl methyl sites for hydroxylation is 1. The molecule has 2 heterocycles. The van der Waals surface area contributed by atoms with Crippen LogP contribution in [0.5, 0.6) is 0 Å². The number of rotatable bonds is 4. The molecule has 0 bridgehead atoms. The lowest BCUT2D eigenvalue weighted by Crippen LogP contribution is -2.41. The fraction of sp³-hybridized carbons (Fsp3) is 0.200. The highest BCUT2D eigenvalue weighted by Crippen LogP contribution is 2.25. The fourth-order valence-electron chi connectivity index (χ4n) is 3.20. The minimum absolute atomic E-state index is 0.103. The molecule has 6 heteroatoms. The van der Waals surface area contributed by atoms with Crippen molar-refractivity contribution in [3.63, 3.8) is 0 Å². The maximum absolute atomic E-state index is 12.5. The molecule has 1 aromatic carbocycles. The number of aromatic amines is 1. The van der Waals surface area contributed by atoms with Gasteiger partial charge in [-0.15, -0.1) is 0 Å². The third kappa shape index (κ3) is 3.39. The van der Waals surface area contributed by atoms with Gasteiger partial charge in [0, 0.05) is 17.6 Å². The lowest BCUT2D eigenvalue weighted by atomic mass is 10.1. The SMILES string of the molecule is Cc1cc(C(=O)NNC(=O)c2ccc[nH]2)c(C)n1C(C)c1ccccc1. The molecule has 0 fully saturated rings. The summed E-state index contributed by atoms with van der Waals surface area (Å²) in [6.07, 6.45) is 1.65. The number of H-pyrrole nitrogens is 1. The van der Waals surface area contributed by atoms with Gasteiger partial charge in [-0.1, -0.05) is 30.3 Å². The van der Waals surface area contributed by atoms with Crippen LogP contribution in [0.1, 0.15) is 50.8 Å². The summed E-state index contributed by atoms with van der Waals surface area (Å²) in [4.78, 5) is 27.2. The van der Waals surface area contributed by atoms with Gasteiger partial charge in [-0.3, -0.25) is 20.4 Å². The van der Waals surface area contributed by atoms with E-state index in [1.807, 2.05) is 38.1 Å². The third-order valence-corrected chi connectivity index (χ3v) is 4.53. The second-order valence-electron chi connectivity index (χ2n) is 6.23. The van der Waals surface area contributed by atoms with Gasteiger partial charge in [-0.05, 0) is 44.5 Å². The molecular weight excluding hydrogens is 328 g/mol. The maximum Gasteiger partial charge on any atom is 0.286 e. The normalized spacial score (nSPS) is 11.8. The molecule has 0 radical (unpaired) electrons. The van der Waals surface area contributed by atoms with Crippen LogP contribution in [0.15, 0.2) is 54.7 Å². The van der Waals surface area contributed by atoms with Crippen LogP contribution >= 0.6 is 0 Å². The van der Waals surface area contributed by atoms with Gasteiger partial charge in [0.2, 0.25) is 0 Å². The molecule has 134 valence electrons. The predicted octanol–water partition coefficient (Wildman–Crippen LogP) is 3.12. The molecule has 1 atom stereocenters. The van der Waals surface area contributed by atoms with Gasteiger partial charge < -0.3 is 9.55 Å². The number of nitrogens with one attached hydrogen (secondary N) is 3. The van der Waals surface area contributed by atoms with Crippen molar-refractivity contribution in [1.82, 2.24) is 20.4 Å². The molecule has 0 aliphatic rings. The number of carbonyl (C=O) groups is 2. The Morgan fingerprint density at radius 3 is 2.35 bits per heavy atom. The highest BCUT2D eigenvalue weighted by atomic mass is 16.2. The van der Waals surface area contributed by atoms with Crippen molar-refractivity contribution in [2.75, 3.05) is 0 Å². The van der Waals surface area contributed by atoms with Crippen LogP contribution in [-0.2, 0) is 0 Å². The van der Waals surface area contributed by atoms with E-state index in [9.17, 15) is 9.59 Å². The Kier molecular flexibility index (Phi) is 4.93. The molecule has 0 aliphatic heterocycles. The van der Waals surface area contributed by atoms with Gasteiger partial charge in [0.25, 0.3) is 11.8 Å². The van der Waals surface area contributed by atoms with Crippen LogP contribution in [0.25, 0.3) is 0 Å². The molecule has 26 heavy (non-hydrogen) atoms. The van der Waals surface area contributed by atoms with Crippen molar-refractivity contribution in [2.45, 2.75) is 26.8 Å². The Balaban J connectivity index is 1.77. The van der Waals surface area contributed by atoms with Crippen LogP contribution in [0.3, 0.4) is 0 Å². The van der Waals surface area contributed by atoms with E-state index in [0.29, 0.717) is 11.3 Å². The zero-order valence-electron chi connectivity index (χ0n) is 15.0. The number of carbonyl (C=O) groups excluding carboxylic acids is 2. The first-order valence-electron chi connectivity index (χ1n) is 8.46. The Morgan fingerprint density at radius 1 is 1.00 bits per heavy atom. The summed E-state index contributed by atoms with van der Waals surface area (Å²) in [6, 6.07) is 15.4. The Hall–Kier alpha value is -3.28. The standard InChI is InChI=1S/C20H22N4O2/c1-13-12-17(19(25)22-23-20(26)18-10-7-11-21-18)15(3)24(13)14(2)16-8-5-4-6-9-16/h4-12,14,21H,1-3H3,(H,22,25)(H,23,26). The summed E-state index contributed by atoms with van der Waals surface area (Å²) < 4.78 is 2.12. The highest BCUT2D eigenvalue weighted by molar-refractivity contribution is 5.99. The molecule has 3 N–H and O–H groups in total. The molecule has 3 aromatic rings. The first-order chi connectivity index (χ1) is 12.5. The average molecular weight is 350 g/mol. The van der Waals surface area contributed by atoms with E-state index in [4.69, 9.17) is 0 Å². The number of nitrogens with zero attached hydrogens (tertiary/aromatic N) is 1. The van der Waals surface area contributed by atoms with Crippen LogP contribution in [0.2, 0.25) is 0 Å². The van der Waals surface area contributed by atoms with Crippen molar-refractivity contribution in [2.24, 2.45) is 0 Å². The molecule has 0 saturated heterocycles. The van der Waals surface area contributed by atoms with E-state index in [1.165, 1.54) is 5.56 Å². The largest absolute Gasteiger partial charge is 0.357 e. The van der Waals surface area contributed by atoms with Crippen molar-refractivity contribution >= 4 is 11.8 Å². The van der Waals surface area contributed by atoms with Gasteiger partial charge in [-0.25, -0.2) is 0 Å². The summed E-state index contributed by atoms with van der Waals surface area (Å²) in [7, 11) is 0. The topological polar surface area (TPSA) is 78.9 Å². The van der Waals surface area contributed by atoms with Crippen molar-refractivity contribution in [1.29, 1.82) is 0 Å². The van der Waals surface area contributed by atoms with E-state index >= 15 is 0 Å². The summed E-state index contributed by atoms with van der Waals surface area (Å²) in [5.74, 6) is -0.737. The number of benzene rings is 1. The second-order valence-corrected chi connectivity index (χ2v) is 6.23. The Morgan fingerprint density at radius 2 is 1.69 bits per heavy atom. The number of hydrogen-bond acceptors (Lipinski definition) is 2. The number of hydrazine groups is 1. The van der Waals surface area contributed by atoms with Gasteiger partial charge in [0.05, 0.1) is 11.6 Å². The minimum atomic E-state index is -0.394. The lowest BCUT2D eigenvalue weighted by molar-refractivity contribution is 0.0844.